The molecule has 7 heteroatoms. The molecule has 0 aliphatic carbocycles. The fraction of sp³-hybridized carbons (Fsp3) is 0.143. The number of aromatic nitrogens is 1. The minimum absolute atomic E-state index is 0.301. The lowest BCUT2D eigenvalue weighted by molar-refractivity contribution is -0.141. The van der Waals surface area contributed by atoms with Crippen LogP contribution in [0.5, 0.6) is 0 Å². The van der Waals surface area contributed by atoms with Gasteiger partial charge in [-0.2, -0.15) is 13.2 Å². The van der Waals surface area contributed by atoms with Crippen molar-refractivity contribution in [2.24, 2.45) is 5.73 Å². The van der Waals surface area contributed by atoms with Crippen LogP contribution in [0.2, 0.25) is 0 Å². The highest BCUT2D eigenvalue weighted by molar-refractivity contribution is 7.80. The molecule has 1 aromatic heterocycles. The Bertz CT molecular complexity index is 666. The summed E-state index contributed by atoms with van der Waals surface area (Å²) in [4.78, 5) is 3.69. The smallest absolute Gasteiger partial charge is 0.389 e. The predicted molar refractivity (Wildman–Crippen MR) is 79.6 cm³/mol. The molecule has 21 heavy (non-hydrogen) atoms. The molecule has 110 valence electrons. The number of anilines is 2. The highest BCUT2D eigenvalue weighted by atomic mass is 32.1. The topological polar surface area (TPSA) is 50.9 Å². The third-order valence-corrected chi connectivity index (χ3v) is 3.05. The number of nitrogens with two attached hydrogens (primary N) is 1. The van der Waals surface area contributed by atoms with E-state index in [0.717, 1.165) is 23.4 Å². The number of alkyl halides is 3. The molecule has 0 atom stereocenters. The number of hydrogen-bond acceptors (Lipinski definition) is 3. The molecule has 2 rings (SSSR count). The molecule has 0 radical (unpaired) electrons. The molecule has 2 aromatic rings. The molecule has 0 saturated heterocycles. The van der Waals surface area contributed by atoms with E-state index in [1.54, 1.807) is 12.1 Å². The Morgan fingerprint density at radius 1 is 1.19 bits per heavy atom. The van der Waals surface area contributed by atoms with Crippen molar-refractivity contribution in [3.05, 3.63) is 53.3 Å². The van der Waals surface area contributed by atoms with Gasteiger partial charge in [-0.05, 0) is 42.8 Å². The van der Waals surface area contributed by atoms with E-state index in [9.17, 15) is 13.2 Å². The summed E-state index contributed by atoms with van der Waals surface area (Å²) in [5.74, 6) is 0. The van der Waals surface area contributed by atoms with Gasteiger partial charge in [-0.25, -0.2) is 4.98 Å². The highest BCUT2D eigenvalue weighted by Gasteiger charge is 2.31. The normalized spacial score (nSPS) is 11.2. The first kappa shape index (κ1) is 15.2. The summed E-state index contributed by atoms with van der Waals surface area (Å²) in [7, 11) is 0. The molecule has 0 bridgehead atoms. The number of rotatable bonds is 3. The van der Waals surface area contributed by atoms with Crippen LogP contribution >= 0.6 is 12.2 Å². The first-order valence-electron chi connectivity index (χ1n) is 5.98. The van der Waals surface area contributed by atoms with Crippen molar-refractivity contribution < 1.29 is 13.2 Å². The monoisotopic (exact) mass is 311 g/mol. The van der Waals surface area contributed by atoms with Crippen LogP contribution in [0.1, 0.15) is 16.8 Å². The Labute approximate surface area is 125 Å². The van der Waals surface area contributed by atoms with Gasteiger partial charge in [0, 0.05) is 11.3 Å². The summed E-state index contributed by atoms with van der Waals surface area (Å²) in [5.41, 5.74) is 7.47. The van der Waals surface area contributed by atoms with E-state index in [2.05, 4.69) is 10.3 Å². The van der Waals surface area contributed by atoms with Gasteiger partial charge in [0.1, 0.15) is 10.7 Å². The Hall–Kier alpha value is -2.15. The van der Waals surface area contributed by atoms with Crippen molar-refractivity contribution in [1.29, 1.82) is 0 Å². The van der Waals surface area contributed by atoms with Gasteiger partial charge in [0.2, 0.25) is 0 Å². The van der Waals surface area contributed by atoms with Crippen LogP contribution in [-0.4, -0.2) is 9.97 Å². The second-order valence-electron chi connectivity index (χ2n) is 4.45. The lowest BCUT2D eigenvalue weighted by Crippen LogP contribution is -2.11. The molecule has 3 N–H and O–H groups in total. The van der Waals surface area contributed by atoms with E-state index < -0.39 is 11.9 Å². The van der Waals surface area contributed by atoms with E-state index in [1.165, 1.54) is 6.07 Å². The molecule has 3 nitrogen and oxygen atoms in total. The largest absolute Gasteiger partial charge is 0.433 e. The van der Waals surface area contributed by atoms with E-state index in [0.29, 0.717) is 16.4 Å². The van der Waals surface area contributed by atoms with Gasteiger partial charge >= 0.3 is 6.18 Å². The standard InChI is InChI=1S/C14H12F3N3S/c1-8-6-9(2-4-11(8)13(18)21)20-10-3-5-12(19-7-10)14(15,16)17/h2-7,20H,1H3,(H2,18,21). The van der Waals surface area contributed by atoms with E-state index in [1.807, 2.05) is 13.0 Å². The van der Waals surface area contributed by atoms with Gasteiger partial charge in [-0.1, -0.05) is 12.2 Å². The minimum atomic E-state index is -4.44. The van der Waals surface area contributed by atoms with Crippen LogP contribution in [0.3, 0.4) is 0 Å². The van der Waals surface area contributed by atoms with Crippen molar-refractivity contribution in [3.63, 3.8) is 0 Å². The summed E-state index contributed by atoms with van der Waals surface area (Å²) in [6, 6.07) is 7.58. The quantitative estimate of drug-likeness (QED) is 0.847. The number of nitrogens with one attached hydrogen (secondary N) is 1. The molecule has 0 aliphatic heterocycles. The number of halogens is 3. The van der Waals surface area contributed by atoms with Crippen LogP contribution in [0, 0.1) is 6.92 Å². The molecule has 1 heterocycles. The summed E-state index contributed by atoms with van der Waals surface area (Å²) < 4.78 is 37.2. The second-order valence-corrected chi connectivity index (χ2v) is 4.89. The van der Waals surface area contributed by atoms with Gasteiger partial charge in [0.05, 0.1) is 11.9 Å². The average molecular weight is 311 g/mol. The minimum Gasteiger partial charge on any atom is -0.389 e. The number of hydrogen-bond donors (Lipinski definition) is 2. The Morgan fingerprint density at radius 3 is 2.33 bits per heavy atom. The van der Waals surface area contributed by atoms with E-state index >= 15 is 0 Å². The van der Waals surface area contributed by atoms with Crippen LogP contribution in [-0.2, 0) is 6.18 Å². The fourth-order valence-electron chi connectivity index (χ4n) is 1.82. The van der Waals surface area contributed by atoms with Gasteiger partial charge in [-0.15, -0.1) is 0 Å². The van der Waals surface area contributed by atoms with Crippen LogP contribution in [0.4, 0.5) is 24.5 Å². The zero-order valence-electron chi connectivity index (χ0n) is 11.0. The van der Waals surface area contributed by atoms with Crippen molar-refractivity contribution in [2.75, 3.05) is 5.32 Å². The lowest BCUT2D eigenvalue weighted by atomic mass is 10.1. The molecular formula is C14H12F3N3S. The average Bonchev–Trinajstić information content (AvgIpc) is 2.38. The summed E-state index contributed by atoms with van der Waals surface area (Å²) in [5, 5.41) is 2.98. The maximum atomic E-state index is 12.4. The zero-order valence-corrected chi connectivity index (χ0v) is 11.8. The molecule has 0 spiro atoms. The highest BCUT2D eigenvalue weighted by Crippen LogP contribution is 2.28. The van der Waals surface area contributed by atoms with E-state index in [4.69, 9.17) is 18.0 Å². The molecule has 0 fully saturated rings. The SMILES string of the molecule is Cc1cc(Nc2ccc(C(F)(F)F)nc2)ccc1C(N)=S. The van der Waals surface area contributed by atoms with Gasteiger partial charge in [-0.3, -0.25) is 0 Å². The first-order valence-corrected chi connectivity index (χ1v) is 6.39. The molecule has 0 unspecified atom stereocenters. The number of benzene rings is 1. The third kappa shape index (κ3) is 3.69. The molecular weight excluding hydrogens is 299 g/mol. The number of nitrogens with zero attached hydrogens (tertiary/aromatic N) is 1. The van der Waals surface area contributed by atoms with Crippen molar-refractivity contribution >= 4 is 28.6 Å². The number of pyridine rings is 1. The molecule has 0 aliphatic rings. The Balaban J connectivity index is 2.19. The number of thiocarbonyl (C=S) groups is 1. The van der Waals surface area contributed by atoms with Gasteiger partial charge < -0.3 is 11.1 Å². The summed E-state index contributed by atoms with van der Waals surface area (Å²) in [6.45, 7) is 1.85. The Morgan fingerprint density at radius 2 is 1.86 bits per heavy atom. The maximum absolute atomic E-state index is 12.4. The van der Waals surface area contributed by atoms with Gasteiger partial charge in [0.15, 0.2) is 0 Å². The summed E-state index contributed by atoms with van der Waals surface area (Å²) >= 11 is 4.91. The van der Waals surface area contributed by atoms with Crippen LogP contribution in [0.15, 0.2) is 36.5 Å². The lowest BCUT2D eigenvalue weighted by Gasteiger charge is -2.11. The maximum Gasteiger partial charge on any atom is 0.433 e. The predicted octanol–water partition coefficient (Wildman–Crippen LogP) is 3.79. The molecule has 0 saturated carbocycles. The molecule has 0 amide bonds. The van der Waals surface area contributed by atoms with Crippen molar-refractivity contribution in [3.8, 4) is 0 Å². The second kappa shape index (κ2) is 5.69. The fourth-order valence-corrected chi connectivity index (χ4v) is 2.05. The summed E-state index contributed by atoms with van der Waals surface area (Å²) in [6.07, 6.45) is -3.30. The van der Waals surface area contributed by atoms with Gasteiger partial charge in [0.25, 0.3) is 0 Å². The van der Waals surface area contributed by atoms with Crippen LogP contribution in [0.25, 0.3) is 0 Å². The van der Waals surface area contributed by atoms with Crippen LogP contribution < -0.4 is 11.1 Å². The Kier molecular flexibility index (Phi) is 4.13. The zero-order chi connectivity index (χ0) is 15.6. The van der Waals surface area contributed by atoms with E-state index in [-0.39, 0.29) is 0 Å². The third-order valence-electron chi connectivity index (χ3n) is 2.83. The first-order chi connectivity index (χ1) is 9.77. The van der Waals surface area contributed by atoms with Crippen molar-refractivity contribution in [1.82, 2.24) is 4.98 Å². The number of aryl methyl sites for hydroxylation is 1. The van der Waals surface area contributed by atoms with Crippen molar-refractivity contribution in [2.45, 2.75) is 13.1 Å². The molecule has 1 aromatic carbocycles.